The molecule has 0 bridgehead atoms. The predicted molar refractivity (Wildman–Crippen MR) is 129 cm³/mol. The van der Waals surface area contributed by atoms with Gasteiger partial charge in [-0.2, -0.15) is 0 Å². The van der Waals surface area contributed by atoms with E-state index in [9.17, 15) is 13.2 Å². The maximum Gasteiger partial charge on any atom is 0.246 e. The highest BCUT2D eigenvalue weighted by atomic mass is 35.5. The molecule has 0 radical (unpaired) electrons. The minimum Gasteiger partial charge on any atom is -0.337 e. The maximum atomic E-state index is 13.3. The molecule has 0 fully saturated rings. The topological polar surface area (TPSA) is 59.4 Å². The third-order valence-corrected chi connectivity index (χ3v) is 7.27. The normalized spacial score (nSPS) is 11.6. The van der Waals surface area contributed by atoms with Crippen LogP contribution in [-0.2, 0) is 26.9 Å². The summed E-state index contributed by atoms with van der Waals surface area (Å²) in [7, 11) is -3.65. The van der Waals surface area contributed by atoms with Gasteiger partial charge in [0.15, 0.2) is 9.84 Å². The fourth-order valence-electron chi connectivity index (χ4n) is 3.86. The Bertz CT molecular complexity index is 1360. The summed E-state index contributed by atoms with van der Waals surface area (Å²) >= 11 is 6.03. The number of amides is 1. The molecule has 1 heterocycles. The van der Waals surface area contributed by atoms with E-state index in [2.05, 4.69) is 0 Å². The molecule has 0 unspecified atom stereocenters. The first-order valence-electron chi connectivity index (χ1n) is 10.3. The molecule has 0 N–H and O–H groups in total. The van der Waals surface area contributed by atoms with E-state index in [0.29, 0.717) is 28.0 Å². The number of likely N-dealkylation sites (N-methyl/N-ethyl adjacent to an activating group) is 1. The number of carbonyl (C=O) groups excluding carboxylic acids is 1. The lowest BCUT2D eigenvalue weighted by atomic mass is 10.2. The van der Waals surface area contributed by atoms with Gasteiger partial charge in [-0.25, -0.2) is 8.42 Å². The van der Waals surface area contributed by atoms with E-state index in [1.54, 1.807) is 52.1 Å². The number of hydrogen-bond donors (Lipinski definition) is 0. The Morgan fingerprint density at radius 3 is 2.41 bits per heavy atom. The van der Waals surface area contributed by atoms with Crippen LogP contribution in [0.4, 0.5) is 5.69 Å². The molecule has 5 nitrogen and oxygen atoms in total. The molecule has 0 spiro atoms. The molecule has 0 saturated heterocycles. The van der Waals surface area contributed by atoms with Crippen molar-refractivity contribution in [3.8, 4) is 0 Å². The number of halogens is 1. The molecule has 4 aromatic rings. The van der Waals surface area contributed by atoms with Crippen LogP contribution in [0, 0.1) is 0 Å². The van der Waals surface area contributed by atoms with Crippen molar-refractivity contribution in [2.75, 3.05) is 11.4 Å². The number of rotatable bonds is 7. The molecule has 164 valence electrons. The van der Waals surface area contributed by atoms with Crippen molar-refractivity contribution in [1.82, 2.24) is 4.57 Å². The Hall–Kier alpha value is -3.09. The van der Waals surface area contributed by atoms with Gasteiger partial charge in [-0.05, 0) is 42.8 Å². The second-order valence-electron chi connectivity index (χ2n) is 7.50. The standard InChI is InChI=1S/C25H23ClN2O3S/c1-2-28(21-11-4-3-5-12-21)25(29)17-27-16-24(22-13-6-7-14-23(22)27)32(30,31)18-19-9-8-10-20(26)15-19/h3-16H,2,17-18H2,1H3. The number of nitrogens with zero attached hydrogens (tertiary/aromatic N) is 2. The molecular weight excluding hydrogens is 444 g/mol. The van der Waals surface area contributed by atoms with Crippen LogP contribution >= 0.6 is 11.6 Å². The molecule has 4 rings (SSSR count). The predicted octanol–water partition coefficient (Wildman–Crippen LogP) is 5.32. The molecule has 1 aromatic heterocycles. The zero-order valence-corrected chi connectivity index (χ0v) is 19.2. The quantitative estimate of drug-likeness (QED) is 0.370. The minimum absolute atomic E-state index is 0.0376. The van der Waals surface area contributed by atoms with Gasteiger partial charge in [0.25, 0.3) is 0 Å². The highest BCUT2D eigenvalue weighted by Gasteiger charge is 2.23. The van der Waals surface area contributed by atoms with E-state index < -0.39 is 9.84 Å². The van der Waals surface area contributed by atoms with E-state index in [1.165, 1.54) is 0 Å². The largest absolute Gasteiger partial charge is 0.337 e. The summed E-state index contributed by atoms with van der Waals surface area (Å²) in [6.45, 7) is 2.47. The summed E-state index contributed by atoms with van der Waals surface area (Å²) in [4.78, 5) is 15.0. The van der Waals surface area contributed by atoms with Crippen molar-refractivity contribution in [2.45, 2.75) is 24.1 Å². The lowest BCUT2D eigenvalue weighted by Crippen LogP contribution is -2.33. The van der Waals surface area contributed by atoms with E-state index in [0.717, 1.165) is 5.69 Å². The van der Waals surface area contributed by atoms with Crippen molar-refractivity contribution >= 4 is 43.9 Å². The minimum atomic E-state index is -3.65. The third-order valence-electron chi connectivity index (χ3n) is 5.32. The second kappa shape index (κ2) is 9.18. The van der Waals surface area contributed by atoms with Crippen LogP contribution in [0.3, 0.4) is 0 Å². The zero-order valence-electron chi connectivity index (χ0n) is 17.6. The van der Waals surface area contributed by atoms with Crippen molar-refractivity contribution in [2.24, 2.45) is 0 Å². The van der Waals surface area contributed by atoms with E-state index >= 15 is 0 Å². The third kappa shape index (κ3) is 4.56. The summed E-state index contributed by atoms with van der Waals surface area (Å²) < 4.78 is 28.3. The Morgan fingerprint density at radius 1 is 0.969 bits per heavy atom. The van der Waals surface area contributed by atoms with Crippen LogP contribution in [0.2, 0.25) is 5.02 Å². The first-order chi connectivity index (χ1) is 15.4. The van der Waals surface area contributed by atoms with E-state index in [1.807, 2.05) is 49.4 Å². The van der Waals surface area contributed by atoms with Gasteiger partial charge in [-0.1, -0.05) is 60.1 Å². The second-order valence-corrected chi connectivity index (χ2v) is 9.90. The number of para-hydroxylation sites is 2. The number of fused-ring (bicyclic) bond motifs is 1. The summed E-state index contributed by atoms with van der Waals surface area (Å²) in [5.41, 5.74) is 2.13. The summed E-state index contributed by atoms with van der Waals surface area (Å²) in [6.07, 6.45) is 1.57. The lowest BCUT2D eigenvalue weighted by Gasteiger charge is -2.21. The smallest absolute Gasteiger partial charge is 0.246 e. The summed E-state index contributed by atoms with van der Waals surface area (Å²) in [6, 6.07) is 23.5. The van der Waals surface area contributed by atoms with Gasteiger partial charge in [0.1, 0.15) is 6.54 Å². The molecule has 0 saturated carbocycles. The number of hydrogen-bond acceptors (Lipinski definition) is 3. The van der Waals surface area contributed by atoms with Gasteiger partial charge in [0.05, 0.1) is 10.6 Å². The molecule has 3 aromatic carbocycles. The fraction of sp³-hybridized carbons (Fsp3) is 0.160. The van der Waals surface area contributed by atoms with E-state index in [-0.39, 0.29) is 23.1 Å². The number of sulfone groups is 1. The first kappa shape index (κ1) is 22.1. The Balaban J connectivity index is 1.69. The van der Waals surface area contributed by atoms with Crippen LogP contribution in [0.25, 0.3) is 10.9 Å². The highest BCUT2D eigenvalue weighted by Crippen LogP contribution is 2.29. The first-order valence-corrected chi connectivity index (χ1v) is 12.3. The average molecular weight is 467 g/mol. The molecule has 1 amide bonds. The SMILES string of the molecule is CCN(C(=O)Cn1cc(S(=O)(=O)Cc2cccc(Cl)c2)c2ccccc21)c1ccccc1. The van der Waals surface area contributed by atoms with Crippen LogP contribution in [-0.4, -0.2) is 25.4 Å². The summed E-state index contributed by atoms with van der Waals surface area (Å²) in [5, 5.41) is 1.09. The lowest BCUT2D eigenvalue weighted by molar-refractivity contribution is -0.119. The van der Waals surface area contributed by atoms with Gasteiger partial charge in [-0.3, -0.25) is 4.79 Å². The van der Waals surface area contributed by atoms with E-state index in [4.69, 9.17) is 11.6 Å². The molecule has 32 heavy (non-hydrogen) atoms. The number of aromatic nitrogens is 1. The highest BCUT2D eigenvalue weighted by molar-refractivity contribution is 7.90. The zero-order chi connectivity index (χ0) is 22.7. The molecule has 0 aliphatic heterocycles. The number of carbonyl (C=O) groups is 1. The van der Waals surface area contributed by atoms with Gasteiger partial charge >= 0.3 is 0 Å². The molecular formula is C25H23ClN2O3S. The van der Waals surface area contributed by atoms with Crippen LogP contribution in [0.15, 0.2) is 90.0 Å². The van der Waals surface area contributed by atoms with Gasteiger partial charge < -0.3 is 9.47 Å². The van der Waals surface area contributed by atoms with Crippen molar-refractivity contribution in [3.05, 3.63) is 95.6 Å². The summed E-state index contributed by atoms with van der Waals surface area (Å²) in [5.74, 6) is -0.279. The Kier molecular flexibility index (Phi) is 6.35. The van der Waals surface area contributed by atoms with Gasteiger partial charge in [-0.15, -0.1) is 0 Å². The van der Waals surface area contributed by atoms with Crippen LogP contribution in [0.5, 0.6) is 0 Å². The Morgan fingerprint density at radius 2 is 1.69 bits per heavy atom. The number of benzene rings is 3. The van der Waals surface area contributed by atoms with Crippen molar-refractivity contribution in [3.63, 3.8) is 0 Å². The fourth-order valence-corrected chi connectivity index (χ4v) is 5.64. The van der Waals surface area contributed by atoms with Crippen LogP contribution in [0.1, 0.15) is 12.5 Å². The number of anilines is 1. The average Bonchev–Trinajstić information content (AvgIpc) is 3.14. The van der Waals surface area contributed by atoms with Crippen LogP contribution < -0.4 is 4.90 Å². The van der Waals surface area contributed by atoms with Crippen molar-refractivity contribution < 1.29 is 13.2 Å². The van der Waals surface area contributed by atoms with Gasteiger partial charge in [0.2, 0.25) is 5.91 Å². The van der Waals surface area contributed by atoms with Gasteiger partial charge in [0, 0.05) is 34.4 Å². The molecule has 0 aliphatic carbocycles. The van der Waals surface area contributed by atoms with Crippen molar-refractivity contribution in [1.29, 1.82) is 0 Å². The molecule has 0 atom stereocenters. The Labute approximate surface area is 192 Å². The maximum absolute atomic E-state index is 13.3. The molecule has 7 heteroatoms. The monoisotopic (exact) mass is 466 g/mol. The molecule has 0 aliphatic rings.